The minimum atomic E-state index is -3.65. The van der Waals surface area contributed by atoms with E-state index in [2.05, 4.69) is 4.98 Å². The number of benzene rings is 2. The Kier molecular flexibility index (Phi) is 6.78. The van der Waals surface area contributed by atoms with Crippen molar-refractivity contribution >= 4 is 15.7 Å². The van der Waals surface area contributed by atoms with Crippen molar-refractivity contribution in [2.45, 2.75) is 81.4 Å². The zero-order valence-corrected chi connectivity index (χ0v) is 21.1. The van der Waals surface area contributed by atoms with E-state index < -0.39 is 9.84 Å². The monoisotopic (exact) mass is 491 g/mol. The summed E-state index contributed by atoms with van der Waals surface area (Å²) in [4.78, 5) is 19.8. The maximum absolute atomic E-state index is 13.6. The summed E-state index contributed by atoms with van der Waals surface area (Å²) >= 11 is 0. The van der Waals surface area contributed by atoms with Gasteiger partial charge in [0, 0.05) is 17.6 Å². The molecule has 2 aliphatic rings. The van der Waals surface area contributed by atoms with Crippen LogP contribution in [0.25, 0.3) is 0 Å². The molecule has 2 fully saturated rings. The third-order valence-corrected chi connectivity index (χ3v) is 8.67. The Bertz CT molecular complexity index is 1290. The van der Waals surface area contributed by atoms with Gasteiger partial charge in [0.05, 0.1) is 24.2 Å². The Labute approximate surface area is 207 Å². The first-order valence-corrected chi connectivity index (χ1v) is 14.3. The molecule has 2 saturated carbocycles. The molecule has 0 unspecified atom stereocenters. The number of hydrogen-bond donors (Lipinski definition) is 0. The second-order valence-corrected chi connectivity index (χ2v) is 11.9. The van der Waals surface area contributed by atoms with E-state index >= 15 is 0 Å². The zero-order valence-electron chi connectivity index (χ0n) is 20.3. The third kappa shape index (κ3) is 5.35. The Morgan fingerprint density at radius 1 is 1.00 bits per heavy atom. The highest BCUT2D eigenvalue weighted by molar-refractivity contribution is 7.90. The Balaban J connectivity index is 1.49. The third-order valence-electron chi connectivity index (χ3n) is 7.10. The number of amides is 1. The minimum Gasteiger partial charge on any atom is -0.330 e. The van der Waals surface area contributed by atoms with Gasteiger partial charge in [-0.1, -0.05) is 67.3 Å². The van der Waals surface area contributed by atoms with Crippen LogP contribution in [0.3, 0.4) is 0 Å². The van der Waals surface area contributed by atoms with Gasteiger partial charge in [-0.25, -0.2) is 13.4 Å². The molecule has 184 valence electrons. The number of rotatable bonds is 8. The van der Waals surface area contributed by atoms with Crippen molar-refractivity contribution in [1.29, 1.82) is 0 Å². The van der Waals surface area contributed by atoms with E-state index in [9.17, 15) is 13.2 Å². The number of aryl methyl sites for hydroxylation is 1. The van der Waals surface area contributed by atoms with Gasteiger partial charge in [-0.3, -0.25) is 4.79 Å². The summed E-state index contributed by atoms with van der Waals surface area (Å²) in [5.74, 6) is -0.0821. The molecule has 2 aliphatic carbocycles. The molecule has 1 aromatic heterocycles. The molecule has 1 heterocycles. The van der Waals surface area contributed by atoms with Crippen molar-refractivity contribution in [3.63, 3.8) is 0 Å². The van der Waals surface area contributed by atoms with Gasteiger partial charge in [0.1, 0.15) is 0 Å². The summed E-state index contributed by atoms with van der Waals surface area (Å²) in [6, 6.07) is 17.3. The zero-order chi connectivity index (χ0) is 24.4. The van der Waals surface area contributed by atoms with Crippen LogP contribution in [0.4, 0.5) is 0 Å². The number of carbonyl (C=O) groups excluding carboxylic acids is 1. The number of aromatic nitrogens is 2. The van der Waals surface area contributed by atoms with Gasteiger partial charge in [-0.15, -0.1) is 0 Å². The summed E-state index contributed by atoms with van der Waals surface area (Å²) in [6.07, 6.45) is 8.85. The SMILES string of the molecule is Cc1cccc(CS(=O)(=O)c2ncc(CN(C(=O)c3ccccc3)C3CC3)n2C2CCCCC2)c1. The maximum Gasteiger partial charge on any atom is 0.254 e. The van der Waals surface area contributed by atoms with Crippen LogP contribution in [0.1, 0.15) is 78.2 Å². The van der Waals surface area contributed by atoms with E-state index in [0.717, 1.165) is 55.3 Å². The summed E-state index contributed by atoms with van der Waals surface area (Å²) in [7, 11) is -3.65. The summed E-state index contributed by atoms with van der Waals surface area (Å²) < 4.78 is 29.2. The number of hydrogen-bond acceptors (Lipinski definition) is 4. The van der Waals surface area contributed by atoms with Gasteiger partial charge in [0.15, 0.2) is 0 Å². The summed E-state index contributed by atoms with van der Waals surface area (Å²) in [5.41, 5.74) is 3.28. The number of sulfone groups is 1. The molecule has 7 heteroatoms. The number of carbonyl (C=O) groups is 1. The highest BCUT2D eigenvalue weighted by atomic mass is 32.2. The lowest BCUT2D eigenvalue weighted by Gasteiger charge is -2.29. The highest BCUT2D eigenvalue weighted by Crippen LogP contribution is 2.35. The van der Waals surface area contributed by atoms with Gasteiger partial charge >= 0.3 is 0 Å². The van der Waals surface area contributed by atoms with Crippen LogP contribution < -0.4 is 0 Å². The molecule has 0 N–H and O–H groups in total. The fourth-order valence-electron chi connectivity index (χ4n) is 5.21. The van der Waals surface area contributed by atoms with Crippen molar-refractivity contribution in [1.82, 2.24) is 14.5 Å². The highest BCUT2D eigenvalue weighted by Gasteiger charge is 2.36. The van der Waals surface area contributed by atoms with Crippen LogP contribution in [-0.4, -0.2) is 34.8 Å². The number of imidazole rings is 1. The quantitative estimate of drug-likeness (QED) is 0.419. The van der Waals surface area contributed by atoms with Gasteiger partial charge < -0.3 is 9.47 Å². The van der Waals surface area contributed by atoms with Crippen LogP contribution >= 0.6 is 0 Å². The first-order valence-electron chi connectivity index (χ1n) is 12.6. The van der Waals surface area contributed by atoms with Crippen molar-refractivity contribution in [2.75, 3.05) is 0 Å². The predicted molar refractivity (Wildman–Crippen MR) is 136 cm³/mol. The van der Waals surface area contributed by atoms with Gasteiger partial charge in [0.2, 0.25) is 15.0 Å². The van der Waals surface area contributed by atoms with Crippen LogP contribution in [0.2, 0.25) is 0 Å². The van der Waals surface area contributed by atoms with Crippen molar-refractivity contribution in [3.05, 3.63) is 83.2 Å². The predicted octanol–water partition coefficient (Wildman–Crippen LogP) is 5.48. The first kappa shape index (κ1) is 23.8. The molecule has 3 aromatic rings. The first-order chi connectivity index (χ1) is 16.9. The fourth-order valence-corrected chi connectivity index (χ4v) is 6.74. The van der Waals surface area contributed by atoms with Crippen LogP contribution in [0.15, 0.2) is 66.0 Å². The van der Waals surface area contributed by atoms with Gasteiger partial charge in [-0.2, -0.15) is 0 Å². The molecule has 0 aliphatic heterocycles. The molecule has 0 atom stereocenters. The molecule has 35 heavy (non-hydrogen) atoms. The lowest BCUT2D eigenvalue weighted by Crippen LogP contribution is -2.34. The van der Waals surface area contributed by atoms with E-state index in [4.69, 9.17) is 0 Å². The molecule has 0 spiro atoms. The molecule has 0 radical (unpaired) electrons. The van der Waals surface area contributed by atoms with Gasteiger partial charge in [-0.05, 0) is 50.3 Å². The minimum absolute atomic E-state index is 0.00587. The Morgan fingerprint density at radius 2 is 1.74 bits per heavy atom. The average molecular weight is 492 g/mol. The van der Waals surface area contributed by atoms with E-state index in [1.165, 1.54) is 6.42 Å². The average Bonchev–Trinajstić information content (AvgIpc) is 3.61. The molecule has 5 rings (SSSR count). The maximum atomic E-state index is 13.6. The molecule has 6 nitrogen and oxygen atoms in total. The van der Waals surface area contributed by atoms with E-state index in [0.29, 0.717) is 12.1 Å². The molecular formula is C28H33N3O3S. The topological polar surface area (TPSA) is 72.3 Å². The largest absolute Gasteiger partial charge is 0.330 e. The molecule has 0 saturated heterocycles. The second kappa shape index (κ2) is 9.97. The second-order valence-electron chi connectivity index (χ2n) is 9.97. The smallest absolute Gasteiger partial charge is 0.254 e. The molecule has 0 bridgehead atoms. The van der Waals surface area contributed by atoms with Crippen LogP contribution in [0, 0.1) is 6.92 Å². The molecule has 2 aromatic carbocycles. The standard InChI is InChI=1S/C28H33N3O3S/c1-21-9-8-10-22(17-21)20-35(33,34)28-29-18-26(31(28)25-13-6-3-7-14-25)19-30(24-15-16-24)27(32)23-11-4-2-5-12-23/h2,4-5,8-12,17-18,24-25H,3,6-7,13-16,19-20H2,1H3. The van der Waals surface area contributed by atoms with Crippen LogP contribution in [0.5, 0.6) is 0 Å². The van der Waals surface area contributed by atoms with E-state index in [-0.39, 0.29) is 28.9 Å². The van der Waals surface area contributed by atoms with E-state index in [1.54, 1.807) is 6.20 Å². The Hall–Kier alpha value is -2.93. The van der Waals surface area contributed by atoms with Crippen molar-refractivity contribution in [2.24, 2.45) is 0 Å². The molecule has 1 amide bonds. The van der Waals surface area contributed by atoms with Crippen LogP contribution in [-0.2, 0) is 22.1 Å². The van der Waals surface area contributed by atoms with E-state index in [1.807, 2.05) is 71.0 Å². The molecular weight excluding hydrogens is 458 g/mol. The Morgan fingerprint density at radius 3 is 2.43 bits per heavy atom. The summed E-state index contributed by atoms with van der Waals surface area (Å²) in [5, 5.41) is 0.142. The normalized spacial score (nSPS) is 16.8. The summed E-state index contributed by atoms with van der Waals surface area (Å²) in [6.45, 7) is 2.34. The lowest BCUT2D eigenvalue weighted by molar-refractivity contribution is 0.0723. The van der Waals surface area contributed by atoms with Gasteiger partial charge in [0.25, 0.3) is 5.91 Å². The van der Waals surface area contributed by atoms with Crippen molar-refractivity contribution in [3.8, 4) is 0 Å². The number of nitrogens with zero attached hydrogens (tertiary/aromatic N) is 3. The fraction of sp³-hybridized carbons (Fsp3) is 0.429. The van der Waals surface area contributed by atoms with Crippen molar-refractivity contribution < 1.29 is 13.2 Å². The lowest BCUT2D eigenvalue weighted by atomic mass is 9.95.